The van der Waals surface area contributed by atoms with Gasteiger partial charge in [-0.2, -0.15) is 21.9 Å². The fourth-order valence-corrected chi connectivity index (χ4v) is 5.05. The molecule has 10 heteroatoms. The lowest BCUT2D eigenvalue weighted by atomic mass is 10.3. The van der Waals surface area contributed by atoms with Crippen molar-refractivity contribution in [3.05, 3.63) is 40.5 Å². The van der Waals surface area contributed by atoms with Gasteiger partial charge in [-0.3, -0.25) is 9.48 Å². The van der Waals surface area contributed by atoms with Gasteiger partial charge in [0.15, 0.2) is 14.6 Å². The molecule has 0 N–H and O–H groups in total. The van der Waals surface area contributed by atoms with Crippen molar-refractivity contribution >= 4 is 49.1 Å². The Morgan fingerprint density at radius 1 is 1.32 bits per heavy atom. The summed E-state index contributed by atoms with van der Waals surface area (Å²) in [4.78, 5) is 18.0. The summed E-state index contributed by atoms with van der Waals surface area (Å²) in [7, 11) is -3.30. The van der Waals surface area contributed by atoms with Gasteiger partial charge in [-0.05, 0) is 44.4 Å². The number of thioether (sulfide) groups is 1. The number of rotatable bonds is 6. The number of aromatic nitrogens is 3. The van der Waals surface area contributed by atoms with Gasteiger partial charge in [-0.15, -0.1) is 0 Å². The summed E-state index contributed by atoms with van der Waals surface area (Å²) in [5.41, 5.74) is 2.09. The highest BCUT2D eigenvalue weighted by Crippen LogP contribution is 2.22. The zero-order valence-electron chi connectivity index (χ0n) is 16.2. The molecule has 0 aliphatic rings. The number of benzene rings is 1. The van der Waals surface area contributed by atoms with E-state index in [0.29, 0.717) is 23.6 Å². The maximum atomic E-state index is 12.8. The second-order valence-electron chi connectivity index (χ2n) is 6.33. The van der Waals surface area contributed by atoms with Gasteiger partial charge in [-0.1, -0.05) is 11.3 Å². The van der Waals surface area contributed by atoms with Gasteiger partial charge in [-0.25, -0.2) is 8.42 Å². The molecule has 0 aliphatic heterocycles. The standard InChI is InChI=1S/C18H22N4O3S3/c1-5-22-15(10-12(2)20-22)17(23)19-18-21(8-9-26-3)14-7-6-13(28(4,24)25)11-16(14)27-18/h6-7,10-11H,5,8-9H2,1-4H3. The van der Waals surface area contributed by atoms with Gasteiger partial charge in [0.25, 0.3) is 5.91 Å². The molecule has 0 unspecified atom stereocenters. The summed E-state index contributed by atoms with van der Waals surface area (Å²) in [5.74, 6) is 0.503. The minimum Gasteiger partial charge on any atom is -0.316 e. The van der Waals surface area contributed by atoms with Crippen LogP contribution >= 0.6 is 23.1 Å². The van der Waals surface area contributed by atoms with Crippen LogP contribution in [0.2, 0.25) is 0 Å². The Labute approximate surface area is 172 Å². The van der Waals surface area contributed by atoms with Crippen molar-refractivity contribution < 1.29 is 13.2 Å². The molecule has 3 aromatic rings. The Morgan fingerprint density at radius 2 is 2.07 bits per heavy atom. The van der Waals surface area contributed by atoms with Gasteiger partial charge in [0.05, 0.1) is 20.8 Å². The van der Waals surface area contributed by atoms with Crippen molar-refractivity contribution in [2.75, 3.05) is 18.3 Å². The van der Waals surface area contributed by atoms with Crippen LogP contribution in [-0.4, -0.2) is 46.9 Å². The van der Waals surface area contributed by atoms with Crippen LogP contribution in [0.5, 0.6) is 0 Å². The van der Waals surface area contributed by atoms with Gasteiger partial charge in [0.1, 0.15) is 5.69 Å². The quantitative estimate of drug-likeness (QED) is 0.591. The van der Waals surface area contributed by atoms with E-state index in [2.05, 4.69) is 10.1 Å². The Balaban J connectivity index is 2.17. The Kier molecular flexibility index (Phi) is 6.11. The molecule has 7 nitrogen and oxygen atoms in total. The third-order valence-corrected chi connectivity index (χ3v) is 6.96. The van der Waals surface area contributed by atoms with E-state index in [1.54, 1.807) is 40.7 Å². The van der Waals surface area contributed by atoms with E-state index in [9.17, 15) is 13.2 Å². The first-order chi connectivity index (χ1) is 13.2. The maximum absolute atomic E-state index is 12.8. The molecule has 0 fully saturated rings. The first kappa shape index (κ1) is 20.8. The lowest BCUT2D eigenvalue weighted by Gasteiger charge is -2.05. The molecule has 0 atom stereocenters. The molecule has 28 heavy (non-hydrogen) atoms. The predicted molar refractivity (Wildman–Crippen MR) is 114 cm³/mol. The van der Waals surface area contributed by atoms with Crippen LogP contribution in [0.25, 0.3) is 10.2 Å². The van der Waals surface area contributed by atoms with E-state index in [4.69, 9.17) is 0 Å². The molecule has 0 saturated carbocycles. The van der Waals surface area contributed by atoms with Crippen LogP contribution in [0.1, 0.15) is 23.1 Å². The molecule has 2 aromatic heterocycles. The SMILES string of the molecule is CCn1nc(C)cc1C(=O)N=c1sc2cc(S(C)(=O)=O)ccc2n1CCSC. The van der Waals surface area contributed by atoms with Crippen LogP contribution < -0.4 is 4.80 Å². The van der Waals surface area contributed by atoms with Crippen LogP contribution in [0.4, 0.5) is 0 Å². The number of thiazole rings is 1. The Hall–Kier alpha value is -1.91. The summed E-state index contributed by atoms with van der Waals surface area (Å²) < 4.78 is 28.2. The van der Waals surface area contributed by atoms with Gasteiger partial charge < -0.3 is 4.57 Å². The number of carbonyl (C=O) groups excluding carboxylic acids is 1. The fourth-order valence-electron chi connectivity index (χ4n) is 2.87. The number of hydrogen-bond acceptors (Lipinski definition) is 6. The van der Waals surface area contributed by atoms with E-state index in [-0.39, 0.29) is 10.8 Å². The fraction of sp³-hybridized carbons (Fsp3) is 0.389. The average molecular weight is 439 g/mol. The number of amides is 1. The summed E-state index contributed by atoms with van der Waals surface area (Å²) in [6, 6.07) is 6.76. The normalized spacial score (nSPS) is 12.8. The van der Waals surface area contributed by atoms with E-state index >= 15 is 0 Å². The van der Waals surface area contributed by atoms with Crippen molar-refractivity contribution in [2.45, 2.75) is 31.8 Å². The lowest BCUT2D eigenvalue weighted by molar-refractivity contribution is 0.0987. The Morgan fingerprint density at radius 3 is 2.71 bits per heavy atom. The molecule has 0 saturated heterocycles. The van der Waals surface area contributed by atoms with Crippen molar-refractivity contribution in [3.8, 4) is 0 Å². The van der Waals surface area contributed by atoms with Gasteiger partial charge >= 0.3 is 0 Å². The zero-order valence-corrected chi connectivity index (χ0v) is 18.6. The van der Waals surface area contributed by atoms with Crippen molar-refractivity contribution in [2.24, 2.45) is 4.99 Å². The number of fused-ring (bicyclic) bond motifs is 1. The first-order valence-electron chi connectivity index (χ1n) is 8.70. The summed E-state index contributed by atoms with van der Waals surface area (Å²) in [6.45, 7) is 5.03. The van der Waals surface area contributed by atoms with Crippen LogP contribution in [-0.2, 0) is 22.9 Å². The first-order valence-corrected chi connectivity index (χ1v) is 12.8. The third-order valence-electron chi connectivity index (χ3n) is 4.22. The minimum atomic E-state index is -3.30. The molecule has 1 amide bonds. The Bertz CT molecular complexity index is 1200. The van der Waals surface area contributed by atoms with Crippen LogP contribution in [0.15, 0.2) is 34.2 Å². The molecular weight excluding hydrogens is 416 g/mol. The highest BCUT2D eigenvalue weighted by atomic mass is 32.2. The largest absolute Gasteiger partial charge is 0.316 e. The molecule has 0 radical (unpaired) electrons. The molecule has 0 bridgehead atoms. The zero-order chi connectivity index (χ0) is 20.5. The number of aryl methyl sites for hydroxylation is 3. The van der Waals surface area contributed by atoms with Crippen molar-refractivity contribution in [3.63, 3.8) is 0 Å². The number of carbonyl (C=O) groups is 1. The molecule has 3 rings (SSSR count). The topological polar surface area (TPSA) is 86.3 Å². The monoisotopic (exact) mass is 438 g/mol. The number of hydrogen-bond donors (Lipinski definition) is 0. The smallest absolute Gasteiger partial charge is 0.297 e. The van der Waals surface area contributed by atoms with E-state index < -0.39 is 9.84 Å². The molecule has 0 aliphatic carbocycles. The van der Waals surface area contributed by atoms with Gasteiger partial charge in [0, 0.05) is 25.1 Å². The molecular formula is C18H22N4O3S3. The molecule has 1 aromatic carbocycles. The predicted octanol–water partition coefficient (Wildman–Crippen LogP) is 2.74. The summed E-state index contributed by atoms with van der Waals surface area (Å²) in [6.07, 6.45) is 3.20. The van der Waals surface area contributed by atoms with Crippen LogP contribution in [0.3, 0.4) is 0 Å². The number of sulfone groups is 1. The third kappa shape index (κ3) is 4.23. The van der Waals surface area contributed by atoms with E-state index in [1.807, 2.05) is 24.7 Å². The average Bonchev–Trinajstić information content (AvgIpc) is 3.18. The highest BCUT2D eigenvalue weighted by molar-refractivity contribution is 7.98. The minimum absolute atomic E-state index is 0.260. The second kappa shape index (κ2) is 8.22. The summed E-state index contributed by atoms with van der Waals surface area (Å²) >= 11 is 3.02. The van der Waals surface area contributed by atoms with Gasteiger partial charge in [0.2, 0.25) is 0 Å². The summed E-state index contributed by atoms with van der Waals surface area (Å²) in [5, 5.41) is 4.31. The molecule has 2 heterocycles. The molecule has 0 spiro atoms. The second-order valence-corrected chi connectivity index (χ2v) is 10.3. The van der Waals surface area contributed by atoms with Crippen molar-refractivity contribution in [1.82, 2.24) is 14.3 Å². The van der Waals surface area contributed by atoms with E-state index in [1.165, 1.54) is 17.6 Å². The maximum Gasteiger partial charge on any atom is 0.297 e. The van der Waals surface area contributed by atoms with Crippen molar-refractivity contribution in [1.29, 1.82) is 0 Å². The highest BCUT2D eigenvalue weighted by Gasteiger charge is 2.15. The van der Waals surface area contributed by atoms with Crippen LogP contribution in [0, 0.1) is 6.92 Å². The number of nitrogens with zero attached hydrogens (tertiary/aromatic N) is 4. The lowest BCUT2D eigenvalue weighted by Crippen LogP contribution is -2.19. The molecule has 150 valence electrons. The van der Waals surface area contributed by atoms with E-state index in [0.717, 1.165) is 21.7 Å².